The van der Waals surface area contributed by atoms with Crippen LogP contribution in [-0.4, -0.2) is 9.91 Å². The molecule has 98 valence electrons. The zero-order chi connectivity index (χ0) is 14.0. The minimum absolute atomic E-state index is 0.0915. The maximum atomic E-state index is 10.9. The molecule has 0 aliphatic carbocycles. The Balaban J connectivity index is 2.36. The fourth-order valence-corrected chi connectivity index (χ4v) is 1.98. The molecule has 5 nitrogen and oxygen atoms in total. The molecule has 2 rings (SSSR count). The Morgan fingerprint density at radius 3 is 2.68 bits per heavy atom. The third-order valence-electron chi connectivity index (χ3n) is 2.75. The molecule has 19 heavy (non-hydrogen) atoms. The van der Waals surface area contributed by atoms with E-state index in [1.54, 1.807) is 25.3 Å². The van der Waals surface area contributed by atoms with Gasteiger partial charge < -0.3 is 5.32 Å². The molecule has 0 aliphatic rings. The first-order valence-corrected chi connectivity index (χ1v) is 6.41. The molecule has 1 aromatic heterocycles. The molecule has 1 aromatic carbocycles. The lowest BCUT2D eigenvalue weighted by atomic mass is 10.2. The fraction of sp³-hybridized carbons (Fsp3) is 0.154. The zero-order valence-corrected chi connectivity index (χ0v) is 12.1. The average Bonchev–Trinajstić information content (AvgIpc) is 2.37. The van der Waals surface area contributed by atoms with Crippen molar-refractivity contribution in [3.8, 4) is 0 Å². The normalized spacial score (nSPS) is 10.3. The Labute approximate surface area is 119 Å². The van der Waals surface area contributed by atoms with E-state index in [-0.39, 0.29) is 10.6 Å². The summed E-state index contributed by atoms with van der Waals surface area (Å²) < 4.78 is 0.846. The minimum Gasteiger partial charge on any atom is -0.339 e. The standard InChI is InChI=1S/C13H12BrN3O2/c1-8-3-4-10(7-11(8)17(18)19)16-13-12(14)9(2)5-6-15-13/h3-7H,1-2H3,(H,15,16). The molecular formula is C13H12BrN3O2. The first kappa shape index (κ1) is 13.5. The fourth-order valence-electron chi connectivity index (χ4n) is 1.65. The topological polar surface area (TPSA) is 68.1 Å². The lowest BCUT2D eigenvalue weighted by Gasteiger charge is -2.09. The monoisotopic (exact) mass is 321 g/mol. The highest BCUT2D eigenvalue weighted by molar-refractivity contribution is 9.10. The Kier molecular flexibility index (Phi) is 3.80. The lowest BCUT2D eigenvalue weighted by molar-refractivity contribution is -0.385. The number of halogens is 1. The first-order valence-electron chi connectivity index (χ1n) is 5.62. The van der Waals surface area contributed by atoms with E-state index < -0.39 is 0 Å². The van der Waals surface area contributed by atoms with Crippen LogP contribution in [0.5, 0.6) is 0 Å². The van der Waals surface area contributed by atoms with E-state index in [9.17, 15) is 10.1 Å². The van der Waals surface area contributed by atoms with Gasteiger partial charge in [0.1, 0.15) is 5.82 Å². The summed E-state index contributed by atoms with van der Waals surface area (Å²) >= 11 is 3.44. The van der Waals surface area contributed by atoms with Crippen molar-refractivity contribution in [2.75, 3.05) is 5.32 Å². The number of aromatic nitrogens is 1. The van der Waals surface area contributed by atoms with E-state index in [1.165, 1.54) is 6.07 Å². The van der Waals surface area contributed by atoms with Crippen molar-refractivity contribution < 1.29 is 4.92 Å². The summed E-state index contributed by atoms with van der Waals surface area (Å²) in [6.45, 7) is 3.66. The number of nitrogens with zero attached hydrogens (tertiary/aromatic N) is 2. The summed E-state index contributed by atoms with van der Waals surface area (Å²) in [5, 5.41) is 14.0. The van der Waals surface area contributed by atoms with Gasteiger partial charge in [0.2, 0.25) is 0 Å². The number of hydrogen-bond donors (Lipinski definition) is 1. The number of pyridine rings is 1. The van der Waals surface area contributed by atoms with Gasteiger partial charge in [-0.25, -0.2) is 4.98 Å². The van der Waals surface area contributed by atoms with E-state index in [2.05, 4.69) is 26.2 Å². The molecule has 0 aliphatic heterocycles. The van der Waals surface area contributed by atoms with Gasteiger partial charge in [-0.15, -0.1) is 0 Å². The van der Waals surface area contributed by atoms with Crippen LogP contribution in [0.1, 0.15) is 11.1 Å². The number of nitrogens with one attached hydrogen (secondary N) is 1. The Morgan fingerprint density at radius 1 is 1.26 bits per heavy atom. The van der Waals surface area contributed by atoms with Gasteiger partial charge in [-0.2, -0.15) is 0 Å². The summed E-state index contributed by atoms with van der Waals surface area (Å²) in [6, 6.07) is 6.89. The molecule has 0 saturated heterocycles. The number of aryl methyl sites for hydroxylation is 2. The molecule has 1 heterocycles. The smallest absolute Gasteiger partial charge is 0.274 e. The van der Waals surface area contributed by atoms with Crippen LogP contribution in [0.3, 0.4) is 0 Å². The van der Waals surface area contributed by atoms with E-state index in [4.69, 9.17) is 0 Å². The molecule has 0 amide bonds. The van der Waals surface area contributed by atoms with E-state index >= 15 is 0 Å². The molecule has 0 saturated carbocycles. The van der Waals surface area contributed by atoms with E-state index in [0.717, 1.165) is 10.0 Å². The van der Waals surface area contributed by atoms with Crippen molar-refractivity contribution in [3.05, 3.63) is 56.2 Å². The van der Waals surface area contributed by atoms with Gasteiger partial charge in [0.05, 0.1) is 9.40 Å². The number of nitro benzene ring substituents is 1. The summed E-state index contributed by atoms with van der Waals surface area (Å²) in [5.41, 5.74) is 2.40. The number of rotatable bonds is 3. The van der Waals surface area contributed by atoms with Gasteiger partial charge in [-0.1, -0.05) is 6.07 Å². The highest BCUT2D eigenvalue weighted by Crippen LogP contribution is 2.29. The number of hydrogen-bond acceptors (Lipinski definition) is 4. The van der Waals surface area contributed by atoms with Crippen LogP contribution in [0.4, 0.5) is 17.2 Å². The Morgan fingerprint density at radius 2 is 2.00 bits per heavy atom. The molecule has 2 aromatic rings. The number of anilines is 2. The van der Waals surface area contributed by atoms with Crippen LogP contribution in [0.2, 0.25) is 0 Å². The average molecular weight is 322 g/mol. The Hall–Kier alpha value is -1.95. The van der Waals surface area contributed by atoms with Crippen LogP contribution in [-0.2, 0) is 0 Å². The van der Waals surface area contributed by atoms with Crippen LogP contribution in [0.15, 0.2) is 34.9 Å². The number of benzene rings is 1. The third-order valence-corrected chi connectivity index (χ3v) is 3.75. The van der Waals surface area contributed by atoms with Crippen LogP contribution < -0.4 is 5.32 Å². The van der Waals surface area contributed by atoms with Crippen molar-refractivity contribution in [1.82, 2.24) is 4.98 Å². The molecular weight excluding hydrogens is 310 g/mol. The Bertz CT molecular complexity index is 644. The highest BCUT2D eigenvalue weighted by Gasteiger charge is 2.12. The van der Waals surface area contributed by atoms with Crippen molar-refractivity contribution >= 4 is 33.1 Å². The molecule has 0 fully saturated rings. The van der Waals surface area contributed by atoms with Gasteiger partial charge >= 0.3 is 0 Å². The van der Waals surface area contributed by atoms with Gasteiger partial charge in [0, 0.05) is 23.5 Å². The second-order valence-corrected chi connectivity index (χ2v) is 4.97. The van der Waals surface area contributed by atoms with Gasteiger partial charge in [0.25, 0.3) is 5.69 Å². The zero-order valence-electron chi connectivity index (χ0n) is 10.5. The molecule has 1 N–H and O–H groups in total. The highest BCUT2D eigenvalue weighted by atomic mass is 79.9. The van der Waals surface area contributed by atoms with E-state index in [0.29, 0.717) is 17.1 Å². The van der Waals surface area contributed by atoms with Gasteiger partial charge in [-0.3, -0.25) is 10.1 Å². The predicted molar refractivity (Wildman–Crippen MR) is 77.8 cm³/mol. The second-order valence-electron chi connectivity index (χ2n) is 4.17. The van der Waals surface area contributed by atoms with Crippen molar-refractivity contribution in [1.29, 1.82) is 0 Å². The van der Waals surface area contributed by atoms with Crippen molar-refractivity contribution in [3.63, 3.8) is 0 Å². The molecule has 6 heteroatoms. The summed E-state index contributed by atoms with van der Waals surface area (Å²) in [6.07, 6.45) is 1.69. The summed E-state index contributed by atoms with van der Waals surface area (Å²) in [5.74, 6) is 0.637. The van der Waals surface area contributed by atoms with E-state index in [1.807, 2.05) is 13.0 Å². The van der Waals surface area contributed by atoms with Crippen molar-refractivity contribution in [2.45, 2.75) is 13.8 Å². The van der Waals surface area contributed by atoms with Gasteiger partial charge in [0.15, 0.2) is 0 Å². The summed E-state index contributed by atoms with van der Waals surface area (Å²) in [7, 11) is 0. The SMILES string of the molecule is Cc1ccc(Nc2nccc(C)c2Br)cc1[N+](=O)[O-]. The second kappa shape index (κ2) is 5.36. The molecule has 0 unspecified atom stereocenters. The predicted octanol–water partition coefficient (Wildman–Crippen LogP) is 4.11. The number of nitro groups is 1. The largest absolute Gasteiger partial charge is 0.339 e. The van der Waals surface area contributed by atoms with Crippen molar-refractivity contribution in [2.24, 2.45) is 0 Å². The molecule has 0 atom stereocenters. The quantitative estimate of drug-likeness (QED) is 0.682. The molecule has 0 radical (unpaired) electrons. The lowest BCUT2D eigenvalue weighted by Crippen LogP contribution is -1.98. The summed E-state index contributed by atoms with van der Waals surface area (Å²) in [4.78, 5) is 14.7. The maximum absolute atomic E-state index is 10.9. The van der Waals surface area contributed by atoms with Crippen LogP contribution in [0.25, 0.3) is 0 Å². The molecule has 0 bridgehead atoms. The minimum atomic E-state index is -0.390. The third kappa shape index (κ3) is 2.90. The van der Waals surface area contributed by atoms with Crippen LogP contribution >= 0.6 is 15.9 Å². The molecule has 0 spiro atoms. The van der Waals surface area contributed by atoms with Gasteiger partial charge in [-0.05, 0) is 47.5 Å². The maximum Gasteiger partial charge on any atom is 0.274 e. The van der Waals surface area contributed by atoms with Crippen LogP contribution in [0, 0.1) is 24.0 Å². The first-order chi connectivity index (χ1) is 8.99.